The topological polar surface area (TPSA) is 27.1 Å². The van der Waals surface area contributed by atoms with Crippen LogP contribution in [-0.4, -0.2) is 9.78 Å². The van der Waals surface area contributed by atoms with Crippen molar-refractivity contribution in [3.8, 4) is 16.9 Å². The molecule has 0 aliphatic rings. The molecular weight excluding hydrogens is 484 g/mol. The number of halogens is 5. The molecule has 0 radical (unpaired) electrons. The highest BCUT2D eigenvalue weighted by Crippen LogP contribution is 2.32. The Bertz CT molecular complexity index is 1190. The van der Waals surface area contributed by atoms with Gasteiger partial charge in [-0.1, -0.05) is 78.7 Å². The number of hydrogen-bond acceptors (Lipinski definition) is 2. The number of allylic oxidation sites excluding steroid dienone is 5. The second kappa shape index (κ2) is 11.4. The number of hydrogen-bond donors (Lipinski definition) is 0. The molecule has 0 fully saturated rings. The van der Waals surface area contributed by atoms with Crippen molar-refractivity contribution in [2.45, 2.75) is 33.1 Å². The van der Waals surface area contributed by atoms with E-state index in [1.165, 1.54) is 11.6 Å². The molecule has 2 aromatic carbocycles. The van der Waals surface area contributed by atoms with Crippen LogP contribution in [0.4, 0.5) is 13.2 Å². The van der Waals surface area contributed by atoms with Crippen LogP contribution in [0.25, 0.3) is 16.8 Å². The van der Waals surface area contributed by atoms with Crippen molar-refractivity contribution in [3.05, 3.63) is 100 Å². The number of rotatable bonds is 8. The Kier molecular flexibility index (Phi) is 8.64. The predicted molar refractivity (Wildman–Crippen MR) is 132 cm³/mol. The molecule has 3 aromatic rings. The van der Waals surface area contributed by atoms with E-state index < -0.39 is 11.9 Å². The van der Waals surface area contributed by atoms with Gasteiger partial charge in [-0.3, -0.25) is 0 Å². The third-order valence-electron chi connectivity index (χ3n) is 5.02. The quantitative estimate of drug-likeness (QED) is 0.286. The van der Waals surface area contributed by atoms with Gasteiger partial charge in [0.15, 0.2) is 5.69 Å². The summed E-state index contributed by atoms with van der Waals surface area (Å²) in [5, 5.41) is 3.80. The maximum absolute atomic E-state index is 13.3. The minimum Gasteiger partial charge on any atom is -0.487 e. The molecule has 0 spiro atoms. The van der Waals surface area contributed by atoms with Crippen LogP contribution < -0.4 is 4.74 Å². The van der Waals surface area contributed by atoms with Crippen molar-refractivity contribution < 1.29 is 17.9 Å². The summed E-state index contributed by atoms with van der Waals surface area (Å²) in [5.41, 5.74) is 3.58. The Morgan fingerprint density at radius 3 is 2.21 bits per heavy atom. The van der Waals surface area contributed by atoms with Gasteiger partial charge in [-0.2, -0.15) is 18.3 Å². The highest BCUT2D eigenvalue weighted by molar-refractivity contribution is 6.38. The number of ether oxygens (including phenoxy) is 1. The summed E-state index contributed by atoms with van der Waals surface area (Å²) in [7, 11) is 0. The van der Waals surface area contributed by atoms with Crippen LogP contribution in [0.3, 0.4) is 0 Å². The van der Waals surface area contributed by atoms with E-state index in [4.69, 9.17) is 27.9 Å². The Balaban J connectivity index is 1.83. The van der Waals surface area contributed by atoms with Gasteiger partial charge in [-0.25, -0.2) is 4.68 Å². The summed E-state index contributed by atoms with van der Waals surface area (Å²) in [6.45, 7) is 3.71. The van der Waals surface area contributed by atoms with E-state index >= 15 is 0 Å². The fourth-order valence-corrected chi connectivity index (χ4v) is 3.64. The number of aryl methyl sites for hydroxylation is 1. The van der Waals surface area contributed by atoms with Crippen LogP contribution >= 0.6 is 23.2 Å². The molecule has 0 atom stereocenters. The summed E-state index contributed by atoms with van der Waals surface area (Å²) in [5.74, 6) is 0.502. The lowest BCUT2D eigenvalue weighted by Crippen LogP contribution is -2.09. The predicted octanol–water partition coefficient (Wildman–Crippen LogP) is 8.45. The molecule has 1 aromatic heterocycles. The van der Waals surface area contributed by atoms with Crippen molar-refractivity contribution >= 4 is 28.9 Å². The third kappa shape index (κ3) is 6.33. The Hall–Kier alpha value is -2.96. The first kappa shape index (κ1) is 25.7. The monoisotopic (exact) mass is 506 g/mol. The normalized spacial score (nSPS) is 13.0. The lowest BCUT2D eigenvalue weighted by atomic mass is 10.0. The summed E-state index contributed by atoms with van der Waals surface area (Å²) < 4.78 is 46.8. The Labute approximate surface area is 206 Å². The molecule has 0 amide bonds. The maximum atomic E-state index is 13.3. The van der Waals surface area contributed by atoms with Gasteiger partial charge in [-0.05, 0) is 54.3 Å². The van der Waals surface area contributed by atoms with E-state index in [-0.39, 0.29) is 23.0 Å². The molecule has 0 bridgehead atoms. The van der Waals surface area contributed by atoms with Crippen molar-refractivity contribution in [1.82, 2.24) is 9.78 Å². The van der Waals surface area contributed by atoms with Gasteiger partial charge in [0.05, 0.1) is 16.4 Å². The number of benzene rings is 2. The fourth-order valence-electron chi connectivity index (χ4n) is 3.17. The molecule has 0 aliphatic heterocycles. The van der Waals surface area contributed by atoms with Gasteiger partial charge in [-0.15, -0.1) is 0 Å². The minimum atomic E-state index is -4.63. The molecule has 0 unspecified atom stereocenters. The van der Waals surface area contributed by atoms with Gasteiger partial charge in [0.1, 0.15) is 12.4 Å². The van der Waals surface area contributed by atoms with Gasteiger partial charge in [0.2, 0.25) is 0 Å². The number of alkyl halides is 3. The lowest BCUT2D eigenvalue weighted by molar-refractivity contribution is -0.141. The summed E-state index contributed by atoms with van der Waals surface area (Å²) in [4.78, 5) is 0. The van der Waals surface area contributed by atoms with Gasteiger partial charge in [0.25, 0.3) is 0 Å². The average molecular weight is 507 g/mol. The molecule has 34 heavy (non-hydrogen) atoms. The van der Waals surface area contributed by atoms with E-state index in [1.54, 1.807) is 31.2 Å². The minimum absolute atomic E-state index is 0.0985. The average Bonchev–Trinajstić information content (AvgIpc) is 3.27. The third-order valence-corrected chi connectivity index (χ3v) is 5.55. The van der Waals surface area contributed by atoms with E-state index in [1.807, 2.05) is 12.1 Å². The van der Waals surface area contributed by atoms with E-state index in [2.05, 4.69) is 36.3 Å². The zero-order chi connectivity index (χ0) is 24.7. The van der Waals surface area contributed by atoms with Crippen LogP contribution in [0.5, 0.6) is 5.75 Å². The lowest BCUT2D eigenvalue weighted by Gasteiger charge is -2.12. The molecule has 8 heteroatoms. The van der Waals surface area contributed by atoms with Crippen LogP contribution in [0, 0.1) is 0 Å². The Morgan fingerprint density at radius 2 is 1.68 bits per heavy atom. The van der Waals surface area contributed by atoms with Gasteiger partial charge >= 0.3 is 6.18 Å². The van der Waals surface area contributed by atoms with E-state index in [0.717, 1.165) is 33.8 Å². The van der Waals surface area contributed by atoms with Crippen LogP contribution in [0.15, 0.2) is 83.4 Å². The zero-order valence-corrected chi connectivity index (χ0v) is 20.1. The highest BCUT2D eigenvalue weighted by atomic mass is 35.5. The molecule has 3 rings (SSSR count). The first-order chi connectivity index (χ1) is 16.3. The van der Waals surface area contributed by atoms with Crippen molar-refractivity contribution in [2.24, 2.45) is 0 Å². The largest absolute Gasteiger partial charge is 0.487 e. The molecule has 0 saturated heterocycles. The molecular formula is C26H23Cl2F3N2O. The summed E-state index contributed by atoms with van der Waals surface area (Å²) in [6, 6.07) is 16.5. The first-order valence-electron chi connectivity index (χ1n) is 10.5. The molecule has 0 aliphatic carbocycles. The van der Waals surface area contributed by atoms with E-state index in [9.17, 15) is 13.2 Å². The number of nitrogens with zero attached hydrogens (tertiary/aromatic N) is 2. The van der Waals surface area contributed by atoms with Crippen LogP contribution in [0.1, 0.15) is 30.8 Å². The SMILES string of the molecule is C\C=C/C=C(Cl)\C(=C\Cl)n1nc(C(F)(F)F)cc1COc1ccc(-c2ccc(CC)cc2)cc1. The van der Waals surface area contributed by atoms with E-state index in [0.29, 0.717) is 5.75 Å². The fraction of sp³-hybridized carbons (Fsp3) is 0.192. The molecule has 1 heterocycles. The smallest absolute Gasteiger partial charge is 0.435 e. The van der Waals surface area contributed by atoms with Gasteiger partial charge < -0.3 is 4.74 Å². The zero-order valence-electron chi connectivity index (χ0n) is 18.6. The van der Waals surface area contributed by atoms with Crippen molar-refractivity contribution in [1.29, 1.82) is 0 Å². The van der Waals surface area contributed by atoms with Crippen LogP contribution in [0.2, 0.25) is 0 Å². The summed E-state index contributed by atoms with van der Waals surface area (Å²) in [6.07, 6.45) is 1.22. The molecule has 0 saturated carbocycles. The second-order valence-electron chi connectivity index (χ2n) is 7.33. The molecule has 178 valence electrons. The second-order valence-corrected chi connectivity index (χ2v) is 7.95. The van der Waals surface area contributed by atoms with Crippen molar-refractivity contribution in [3.63, 3.8) is 0 Å². The number of aromatic nitrogens is 2. The van der Waals surface area contributed by atoms with Gasteiger partial charge in [0, 0.05) is 5.54 Å². The standard InChI is InChI=1S/C26H23Cl2F3N2O/c1-3-5-6-23(28)24(16-27)33-21(15-25(32-33)26(29,30)31)17-34-22-13-11-20(12-14-22)19-9-7-18(4-2)8-10-19/h3,5-16H,4,17H2,1-2H3/b5-3-,23-6+,24-16-. The van der Waals surface area contributed by atoms with Crippen molar-refractivity contribution in [2.75, 3.05) is 0 Å². The molecule has 3 nitrogen and oxygen atoms in total. The maximum Gasteiger partial charge on any atom is 0.435 e. The highest BCUT2D eigenvalue weighted by Gasteiger charge is 2.35. The van der Waals surface area contributed by atoms with Crippen LogP contribution in [-0.2, 0) is 19.2 Å². The molecule has 0 N–H and O–H groups in total. The first-order valence-corrected chi connectivity index (χ1v) is 11.4. The summed E-state index contributed by atoms with van der Waals surface area (Å²) >= 11 is 12.1. The Morgan fingerprint density at radius 1 is 1.06 bits per heavy atom.